The molecule has 0 radical (unpaired) electrons. The van der Waals surface area contributed by atoms with Crippen LogP contribution in [0.25, 0.3) is 0 Å². The molecule has 0 saturated carbocycles. The summed E-state index contributed by atoms with van der Waals surface area (Å²) < 4.78 is 37.0. The third-order valence-electron chi connectivity index (χ3n) is 4.25. The van der Waals surface area contributed by atoms with Crippen LogP contribution >= 0.6 is 0 Å². The van der Waals surface area contributed by atoms with Crippen LogP contribution in [0.15, 0.2) is 0 Å². The van der Waals surface area contributed by atoms with Crippen molar-refractivity contribution in [3.05, 3.63) is 0 Å². The molecule has 0 aromatic heterocycles. The Hall–Kier alpha value is -0.740. The van der Waals surface area contributed by atoms with Gasteiger partial charge in [0.15, 0.2) is 0 Å². The fraction of sp³-hybridized carbons (Fsp3) is 0.950. The van der Waals surface area contributed by atoms with E-state index in [1.807, 2.05) is 0 Å². The molecule has 0 atom stereocenters. The van der Waals surface area contributed by atoms with Gasteiger partial charge in [0.2, 0.25) is 15.9 Å². The lowest BCUT2D eigenvalue weighted by Crippen LogP contribution is -2.29. The normalized spacial score (nSPS) is 11.7. The summed E-state index contributed by atoms with van der Waals surface area (Å²) in [5.74, 6) is 0.0938. The summed E-state index contributed by atoms with van der Waals surface area (Å²) >= 11 is 0. The van der Waals surface area contributed by atoms with Gasteiger partial charge < -0.3 is 20.1 Å². The molecule has 0 spiro atoms. The molecule has 0 rings (SSSR count). The molecule has 3 N–H and O–H groups in total. The van der Waals surface area contributed by atoms with E-state index in [2.05, 4.69) is 29.2 Å². The van der Waals surface area contributed by atoms with Gasteiger partial charge in [0, 0.05) is 19.6 Å². The van der Waals surface area contributed by atoms with Gasteiger partial charge in [-0.2, -0.15) is 0 Å². The second kappa shape index (κ2) is 20.5. The van der Waals surface area contributed by atoms with Gasteiger partial charge in [-0.25, -0.2) is 13.1 Å². The standard InChI is InChI=1S/C20H43N3O5S/c1-3-5-7-8-13-23-29(25,26)18-10-9-11-21-14-15-27-16-17-28-19-20(24)22-12-6-4-2/h21,23H,3-19H2,1-2H3,(H,22,24). The zero-order valence-electron chi connectivity index (χ0n) is 18.5. The zero-order valence-corrected chi connectivity index (χ0v) is 19.3. The molecule has 0 aromatic carbocycles. The van der Waals surface area contributed by atoms with E-state index in [1.165, 1.54) is 0 Å². The van der Waals surface area contributed by atoms with E-state index in [-0.39, 0.29) is 18.3 Å². The minimum atomic E-state index is -3.14. The van der Waals surface area contributed by atoms with E-state index in [1.54, 1.807) is 0 Å². The number of nitrogens with one attached hydrogen (secondary N) is 3. The third kappa shape index (κ3) is 21.8. The quantitative estimate of drug-likeness (QED) is 0.223. The van der Waals surface area contributed by atoms with E-state index >= 15 is 0 Å². The lowest BCUT2D eigenvalue weighted by molar-refractivity contribution is -0.126. The Balaban J connectivity index is 3.33. The van der Waals surface area contributed by atoms with Crippen molar-refractivity contribution < 1.29 is 22.7 Å². The number of carbonyl (C=O) groups excluding carboxylic acids is 1. The predicted octanol–water partition coefficient (Wildman–Crippen LogP) is 1.81. The molecule has 1 amide bonds. The maximum Gasteiger partial charge on any atom is 0.245 e. The number of sulfonamides is 1. The van der Waals surface area contributed by atoms with Crippen LogP contribution in [-0.2, 0) is 24.3 Å². The molecule has 0 aliphatic carbocycles. The Labute approximate surface area is 177 Å². The fourth-order valence-electron chi connectivity index (χ4n) is 2.50. The molecular formula is C20H43N3O5S. The Morgan fingerprint density at radius 1 is 0.759 bits per heavy atom. The largest absolute Gasteiger partial charge is 0.378 e. The summed E-state index contributed by atoms with van der Waals surface area (Å²) in [6, 6.07) is 0. The van der Waals surface area contributed by atoms with Crippen LogP contribution in [0, 0.1) is 0 Å². The fourth-order valence-corrected chi connectivity index (χ4v) is 3.69. The SMILES string of the molecule is CCCCCCNS(=O)(=O)CCCCNCCOCCOCC(=O)NCCCC. The van der Waals surface area contributed by atoms with Crippen LogP contribution in [0.2, 0.25) is 0 Å². The first-order valence-corrected chi connectivity index (χ1v) is 12.8. The van der Waals surface area contributed by atoms with Crippen molar-refractivity contribution in [1.29, 1.82) is 0 Å². The lowest BCUT2D eigenvalue weighted by atomic mass is 10.2. The minimum Gasteiger partial charge on any atom is -0.378 e. The van der Waals surface area contributed by atoms with Crippen molar-refractivity contribution in [2.45, 2.75) is 65.2 Å². The Morgan fingerprint density at radius 2 is 1.48 bits per heavy atom. The molecule has 0 saturated heterocycles. The number of hydrogen-bond acceptors (Lipinski definition) is 6. The maximum atomic E-state index is 11.8. The van der Waals surface area contributed by atoms with Gasteiger partial charge in [-0.15, -0.1) is 0 Å². The lowest BCUT2D eigenvalue weighted by Gasteiger charge is -2.08. The van der Waals surface area contributed by atoms with Gasteiger partial charge in [0.05, 0.1) is 25.6 Å². The molecule has 0 bridgehead atoms. The summed E-state index contributed by atoms with van der Waals surface area (Å²) in [6.45, 7) is 8.41. The van der Waals surface area contributed by atoms with Crippen molar-refractivity contribution in [1.82, 2.24) is 15.4 Å². The van der Waals surface area contributed by atoms with E-state index in [4.69, 9.17) is 9.47 Å². The van der Waals surface area contributed by atoms with E-state index in [0.717, 1.165) is 51.5 Å². The highest BCUT2D eigenvalue weighted by Crippen LogP contribution is 1.99. The number of rotatable bonds is 22. The van der Waals surface area contributed by atoms with E-state index < -0.39 is 10.0 Å². The molecule has 0 heterocycles. The van der Waals surface area contributed by atoms with Crippen molar-refractivity contribution in [2.75, 3.05) is 58.4 Å². The second-order valence-corrected chi connectivity index (χ2v) is 9.03. The number of hydrogen-bond donors (Lipinski definition) is 3. The average molecular weight is 438 g/mol. The first-order chi connectivity index (χ1) is 14.0. The average Bonchev–Trinajstić information content (AvgIpc) is 2.68. The van der Waals surface area contributed by atoms with Gasteiger partial charge in [-0.1, -0.05) is 39.5 Å². The van der Waals surface area contributed by atoms with E-state index in [9.17, 15) is 13.2 Å². The van der Waals surface area contributed by atoms with Gasteiger partial charge >= 0.3 is 0 Å². The number of amides is 1. The number of ether oxygens (including phenoxy) is 2. The molecule has 0 aliphatic rings. The predicted molar refractivity (Wildman–Crippen MR) is 118 cm³/mol. The molecule has 174 valence electrons. The second-order valence-electron chi connectivity index (χ2n) is 7.10. The summed E-state index contributed by atoms with van der Waals surface area (Å²) in [7, 11) is -3.14. The number of carbonyl (C=O) groups is 1. The van der Waals surface area contributed by atoms with Crippen LogP contribution in [-0.4, -0.2) is 72.7 Å². The first-order valence-electron chi connectivity index (χ1n) is 11.1. The maximum absolute atomic E-state index is 11.8. The molecular weight excluding hydrogens is 394 g/mol. The Morgan fingerprint density at radius 3 is 2.24 bits per heavy atom. The van der Waals surface area contributed by atoms with Gasteiger partial charge in [-0.05, 0) is 32.2 Å². The van der Waals surface area contributed by atoms with Crippen molar-refractivity contribution in [3.63, 3.8) is 0 Å². The van der Waals surface area contributed by atoms with Crippen molar-refractivity contribution in [3.8, 4) is 0 Å². The van der Waals surface area contributed by atoms with Crippen LogP contribution in [0.3, 0.4) is 0 Å². The van der Waals surface area contributed by atoms with Crippen LogP contribution in [0.1, 0.15) is 65.2 Å². The van der Waals surface area contributed by atoms with Gasteiger partial charge in [0.25, 0.3) is 0 Å². The van der Waals surface area contributed by atoms with Crippen LogP contribution < -0.4 is 15.4 Å². The van der Waals surface area contributed by atoms with Gasteiger partial charge in [-0.3, -0.25) is 4.79 Å². The van der Waals surface area contributed by atoms with Crippen molar-refractivity contribution in [2.24, 2.45) is 0 Å². The smallest absolute Gasteiger partial charge is 0.245 e. The highest BCUT2D eigenvalue weighted by molar-refractivity contribution is 7.89. The molecule has 0 fully saturated rings. The minimum absolute atomic E-state index is 0.0713. The third-order valence-corrected chi connectivity index (χ3v) is 5.72. The molecule has 0 unspecified atom stereocenters. The highest BCUT2D eigenvalue weighted by atomic mass is 32.2. The molecule has 0 aromatic rings. The highest BCUT2D eigenvalue weighted by Gasteiger charge is 2.08. The zero-order chi connectivity index (χ0) is 21.6. The summed E-state index contributed by atoms with van der Waals surface area (Å²) in [5, 5.41) is 6.02. The monoisotopic (exact) mass is 437 g/mol. The summed E-state index contributed by atoms with van der Waals surface area (Å²) in [4.78, 5) is 11.4. The number of unbranched alkanes of at least 4 members (excludes halogenated alkanes) is 5. The topological polar surface area (TPSA) is 106 Å². The van der Waals surface area contributed by atoms with E-state index in [0.29, 0.717) is 45.9 Å². The van der Waals surface area contributed by atoms with Gasteiger partial charge in [0.1, 0.15) is 6.61 Å². The molecule has 8 nitrogen and oxygen atoms in total. The Kier molecular flexibility index (Phi) is 20.0. The Bertz CT molecular complexity index is 475. The van der Waals surface area contributed by atoms with Crippen LogP contribution in [0.4, 0.5) is 0 Å². The molecule has 9 heteroatoms. The first kappa shape index (κ1) is 28.3. The molecule has 0 aliphatic heterocycles. The molecule has 29 heavy (non-hydrogen) atoms. The summed E-state index contributed by atoms with van der Waals surface area (Å²) in [6.07, 6.45) is 7.78. The van der Waals surface area contributed by atoms with Crippen LogP contribution in [0.5, 0.6) is 0 Å². The van der Waals surface area contributed by atoms with Crippen molar-refractivity contribution >= 4 is 15.9 Å². The summed E-state index contributed by atoms with van der Waals surface area (Å²) in [5.41, 5.74) is 0.